The van der Waals surface area contributed by atoms with E-state index in [1.54, 1.807) is 25.3 Å². The van der Waals surface area contributed by atoms with Crippen molar-refractivity contribution in [2.24, 2.45) is 11.1 Å². The predicted octanol–water partition coefficient (Wildman–Crippen LogP) is 2.61. The Hall–Kier alpha value is -3.35. The monoisotopic (exact) mass is 380 g/mol. The molecule has 2 aliphatic heterocycles. The van der Waals surface area contributed by atoms with Crippen LogP contribution in [0.25, 0.3) is 0 Å². The Kier molecular flexibility index (Phi) is 4.30. The fourth-order valence-corrected chi connectivity index (χ4v) is 3.79. The van der Waals surface area contributed by atoms with Gasteiger partial charge in [-0.1, -0.05) is 23.4 Å². The Morgan fingerprint density at radius 1 is 0.964 bits per heavy atom. The molecule has 2 amide bonds. The number of methoxy groups -OCH3 is 2. The van der Waals surface area contributed by atoms with Crippen molar-refractivity contribution < 1.29 is 23.9 Å². The second-order valence-corrected chi connectivity index (χ2v) is 6.80. The van der Waals surface area contributed by atoms with Gasteiger partial charge in [0.15, 0.2) is 11.5 Å². The maximum atomic E-state index is 13.3. The first kappa shape index (κ1) is 18.0. The number of rotatable bonds is 4. The third kappa shape index (κ3) is 2.54. The molecule has 1 fully saturated rings. The van der Waals surface area contributed by atoms with Gasteiger partial charge < -0.3 is 14.3 Å². The van der Waals surface area contributed by atoms with Gasteiger partial charge in [0.05, 0.1) is 19.9 Å². The highest BCUT2D eigenvalue weighted by Crippen LogP contribution is 2.38. The topological polar surface area (TPSA) is 77.4 Å². The summed E-state index contributed by atoms with van der Waals surface area (Å²) in [7, 11) is 3.08. The predicted molar refractivity (Wildman–Crippen MR) is 103 cm³/mol. The third-order valence-electron chi connectivity index (χ3n) is 5.15. The standard InChI is InChI=1S/C21H20N2O5/c1-11-6-5-7-12(2)18(11)23-20(24)16-17(22-28-19(16)21(23)25)13-8-9-14(26-3)15(10-13)27-4/h5-10,16,19H,1-4H3/t16-,19+/m1/s1. The molecule has 4 rings (SSSR count). The minimum atomic E-state index is -0.949. The van der Waals surface area contributed by atoms with Gasteiger partial charge in [-0.25, -0.2) is 4.90 Å². The lowest BCUT2D eigenvalue weighted by Crippen LogP contribution is -2.34. The molecular weight excluding hydrogens is 360 g/mol. The van der Waals surface area contributed by atoms with Gasteiger partial charge in [0.2, 0.25) is 12.0 Å². The number of imide groups is 1. The second kappa shape index (κ2) is 6.67. The highest BCUT2D eigenvalue weighted by Gasteiger charge is 2.56. The van der Waals surface area contributed by atoms with E-state index in [0.29, 0.717) is 28.5 Å². The van der Waals surface area contributed by atoms with Crippen molar-refractivity contribution in [2.45, 2.75) is 20.0 Å². The fourth-order valence-electron chi connectivity index (χ4n) is 3.79. The molecule has 0 saturated carbocycles. The first-order valence-electron chi connectivity index (χ1n) is 8.88. The number of fused-ring (bicyclic) bond motifs is 1. The van der Waals surface area contributed by atoms with Crippen molar-refractivity contribution in [1.29, 1.82) is 0 Å². The summed E-state index contributed by atoms with van der Waals surface area (Å²) in [5.41, 5.74) is 3.38. The van der Waals surface area contributed by atoms with Crippen LogP contribution in [0.5, 0.6) is 11.5 Å². The summed E-state index contributed by atoms with van der Waals surface area (Å²) in [4.78, 5) is 32.8. The molecule has 2 aromatic rings. The number of aryl methyl sites for hydroxylation is 2. The van der Waals surface area contributed by atoms with Crippen LogP contribution in [0.1, 0.15) is 16.7 Å². The summed E-state index contributed by atoms with van der Waals surface area (Å²) in [5.74, 6) is -0.447. The van der Waals surface area contributed by atoms with Crippen LogP contribution in [0, 0.1) is 19.8 Å². The number of anilines is 1. The van der Waals surface area contributed by atoms with Crippen LogP contribution >= 0.6 is 0 Å². The second-order valence-electron chi connectivity index (χ2n) is 6.80. The largest absolute Gasteiger partial charge is 0.493 e. The van der Waals surface area contributed by atoms with Crippen LogP contribution in [-0.4, -0.2) is 37.8 Å². The molecule has 2 aliphatic rings. The minimum Gasteiger partial charge on any atom is -0.493 e. The van der Waals surface area contributed by atoms with E-state index in [4.69, 9.17) is 14.3 Å². The van der Waals surface area contributed by atoms with Crippen molar-refractivity contribution in [3.8, 4) is 11.5 Å². The van der Waals surface area contributed by atoms with Gasteiger partial charge in [0.1, 0.15) is 11.6 Å². The van der Waals surface area contributed by atoms with Gasteiger partial charge in [0, 0.05) is 5.56 Å². The number of carbonyl (C=O) groups excluding carboxylic acids is 2. The zero-order valence-corrected chi connectivity index (χ0v) is 16.1. The summed E-state index contributed by atoms with van der Waals surface area (Å²) in [5, 5.41) is 4.05. The summed E-state index contributed by atoms with van der Waals surface area (Å²) in [6, 6.07) is 10.9. The van der Waals surface area contributed by atoms with Crippen molar-refractivity contribution in [1.82, 2.24) is 0 Å². The Morgan fingerprint density at radius 2 is 1.64 bits per heavy atom. The summed E-state index contributed by atoms with van der Waals surface area (Å²) >= 11 is 0. The van der Waals surface area contributed by atoms with Crippen LogP contribution in [0.15, 0.2) is 41.6 Å². The van der Waals surface area contributed by atoms with Gasteiger partial charge in [-0.3, -0.25) is 9.59 Å². The van der Waals surface area contributed by atoms with Crippen LogP contribution in [0.3, 0.4) is 0 Å². The summed E-state index contributed by atoms with van der Waals surface area (Å²) in [6.07, 6.45) is -0.949. The molecule has 28 heavy (non-hydrogen) atoms. The molecule has 2 atom stereocenters. The van der Waals surface area contributed by atoms with Crippen molar-refractivity contribution in [3.63, 3.8) is 0 Å². The van der Waals surface area contributed by atoms with Crippen LogP contribution in [0.2, 0.25) is 0 Å². The first-order chi connectivity index (χ1) is 13.5. The molecule has 0 bridgehead atoms. The van der Waals surface area contributed by atoms with E-state index >= 15 is 0 Å². The fraction of sp³-hybridized carbons (Fsp3) is 0.286. The molecule has 0 unspecified atom stereocenters. The lowest BCUT2D eigenvalue weighted by atomic mass is 9.94. The van der Waals surface area contributed by atoms with E-state index < -0.39 is 17.9 Å². The van der Waals surface area contributed by atoms with Crippen molar-refractivity contribution >= 4 is 23.2 Å². The third-order valence-corrected chi connectivity index (χ3v) is 5.15. The van der Waals surface area contributed by atoms with Gasteiger partial charge in [-0.05, 0) is 43.2 Å². The number of para-hydroxylation sites is 1. The number of nitrogens with zero attached hydrogens (tertiary/aromatic N) is 2. The van der Waals surface area contributed by atoms with Gasteiger partial charge in [0.25, 0.3) is 5.91 Å². The molecule has 7 heteroatoms. The van der Waals surface area contributed by atoms with Crippen LogP contribution in [-0.2, 0) is 14.4 Å². The van der Waals surface area contributed by atoms with E-state index in [9.17, 15) is 9.59 Å². The van der Waals surface area contributed by atoms with Gasteiger partial charge in [-0.15, -0.1) is 0 Å². The molecular formula is C21H20N2O5. The summed E-state index contributed by atoms with van der Waals surface area (Å²) in [6.45, 7) is 3.75. The molecule has 0 spiro atoms. The lowest BCUT2D eigenvalue weighted by molar-refractivity contribution is -0.126. The quantitative estimate of drug-likeness (QED) is 0.762. The van der Waals surface area contributed by atoms with Crippen molar-refractivity contribution in [2.75, 3.05) is 19.1 Å². The first-order valence-corrected chi connectivity index (χ1v) is 8.88. The molecule has 0 N–H and O–H groups in total. The highest BCUT2D eigenvalue weighted by molar-refractivity contribution is 6.32. The van der Waals surface area contributed by atoms with E-state index in [2.05, 4.69) is 5.16 Å². The molecule has 2 heterocycles. The Labute approximate surface area is 162 Å². The number of hydrogen-bond donors (Lipinski definition) is 0. The van der Waals surface area contributed by atoms with Gasteiger partial charge >= 0.3 is 0 Å². The maximum absolute atomic E-state index is 13.3. The molecule has 144 valence electrons. The average molecular weight is 380 g/mol. The SMILES string of the molecule is COc1ccc(C2=NO[C@@H]3C(=O)N(c4c(C)cccc4C)C(=O)[C@H]23)cc1OC. The smallest absolute Gasteiger partial charge is 0.278 e. The molecule has 0 aromatic heterocycles. The molecule has 0 aliphatic carbocycles. The van der Waals surface area contributed by atoms with Crippen LogP contribution < -0.4 is 14.4 Å². The number of oxime groups is 1. The molecule has 0 radical (unpaired) electrons. The number of ether oxygens (including phenoxy) is 2. The van der Waals surface area contributed by atoms with Gasteiger partial charge in [-0.2, -0.15) is 0 Å². The Bertz CT molecular complexity index is 994. The maximum Gasteiger partial charge on any atom is 0.278 e. The average Bonchev–Trinajstić information content (AvgIpc) is 3.23. The number of hydrogen-bond acceptors (Lipinski definition) is 6. The Morgan fingerprint density at radius 3 is 2.29 bits per heavy atom. The molecule has 1 saturated heterocycles. The lowest BCUT2D eigenvalue weighted by Gasteiger charge is -2.20. The minimum absolute atomic E-state index is 0.335. The van der Waals surface area contributed by atoms with E-state index in [-0.39, 0.29) is 5.91 Å². The number of benzene rings is 2. The van der Waals surface area contributed by atoms with Crippen molar-refractivity contribution in [3.05, 3.63) is 53.1 Å². The highest BCUT2D eigenvalue weighted by atomic mass is 16.7. The molecule has 7 nitrogen and oxygen atoms in total. The Balaban J connectivity index is 1.73. The van der Waals surface area contributed by atoms with E-state index in [1.807, 2.05) is 32.0 Å². The zero-order valence-electron chi connectivity index (χ0n) is 16.1. The summed E-state index contributed by atoms with van der Waals surface area (Å²) < 4.78 is 10.6. The van der Waals surface area contributed by atoms with E-state index in [1.165, 1.54) is 12.0 Å². The van der Waals surface area contributed by atoms with E-state index in [0.717, 1.165) is 11.1 Å². The number of carbonyl (C=O) groups is 2. The van der Waals surface area contributed by atoms with Crippen LogP contribution in [0.4, 0.5) is 5.69 Å². The normalized spacial score (nSPS) is 20.7. The molecule has 2 aromatic carbocycles. The number of amides is 2. The zero-order chi connectivity index (χ0) is 20.0.